The third-order valence-electron chi connectivity index (χ3n) is 9.63. The number of hydrogen-bond acceptors (Lipinski definition) is 3. The maximum absolute atomic E-state index is 10.5. The van der Waals surface area contributed by atoms with Gasteiger partial charge >= 0.3 is 0 Å². The van der Waals surface area contributed by atoms with Crippen LogP contribution in [0.15, 0.2) is 152 Å². The van der Waals surface area contributed by atoms with Gasteiger partial charge in [-0.05, 0) is 77.4 Å². The smallest absolute Gasteiger partial charge is 0.101 e. The molecule has 0 amide bonds. The van der Waals surface area contributed by atoms with Crippen molar-refractivity contribution in [2.24, 2.45) is 0 Å². The molecule has 7 aromatic carbocycles. The van der Waals surface area contributed by atoms with Crippen molar-refractivity contribution in [3.63, 3.8) is 0 Å². The highest BCUT2D eigenvalue weighted by Gasteiger charge is 2.19. The molecule has 0 atom stereocenters. The molecule has 0 unspecified atom stereocenters. The Morgan fingerprint density at radius 3 is 1.78 bits per heavy atom. The van der Waals surface area contributed by atoms with Gasteiger partial charge in [0.15, 0.2) is 0 Å². The lowest BCUT2D eigenvalue weighted by Crippen LogP contribution is -1.99. The van der Waals surface area contributed by atoms with Crippen LogP contribution < -0.4 is 0 Å². The molecule has 0 aliphatic heterocycles. The van der Waals surface area contributed by atoms with Gasteiger partial charge in [-0.1, -0.05) is 91.0 Å². The van der Waals surface area contributed by atoms with Gasteiger partial charge in [0.2, 0.25) is 0 Å². The summed E-state index contributed by atoms with van der Waals surface area (Å²) in [6.07, 6.45) is 0. The first-order valence-electron chi connectivity index (χ1n) is 16.3. The topological polar surface area (TPSA) is 81.2 Å². The molecule has 50 heavy (non-hydrogen) atoms. The molecule has 5 nitrogen and oxygen atoms in total. The van der Waals surface area contributed by atoms with Crippen LogP contribution in [0, 0.1) is 34.0 Å². The first kappa shape index (κ1) is 28.8. The summed E-state index contributed by atoms with van der Waals surface area (Å²) in [6.45, 7) is 0. The number of aromatic nitrogens is 2. The molecule has 0 fully saturated rings. The highest BCUT2D eigenvalue weighted by atomic mass is 15.0. The van der Waals surface area contributed by atoms with Crippen LogP contribution in [-0.4, -0.2) is 9.13 Å². The van der Waals surface area contributed by atoms with Gasteiger partial charge in [0.05, 0.1) is 56.6 Å². The SMILES string of the molecule is N#Cc1ccc2c(c1)c1cccc(C#N)c1n2-c1ccccc1-c1cccc(-c2ccc(-n3c4ccccc4c4ccccc43)cc2C#N)c1. The fraction of sp³-hybridized carbons (Fsp3) is 0. The molecule has 0 bridgehead atoms. The number of hydrogen-bond donors (Lipinski definition) is 0. The van der Waals surface area contributed by atoms with Crippen LogP contribution in [0.1, 0.15) is 16.7 Å². The van der Waals surface area contributed by atoms with E-state index in [-0.39, 0.29) is 0 Å². The Labute approximate surface area is 287 Å². The highest BCUT2D eigenvalue weighted by Crippen LogP contribution is 2.39. The summed E-state index contributed by atoms with van der Waals surface area (Å²) in [5.74, 6) is 0. The maximum Gasteiger partial charge on any atom is 0.101 e. The second kappa shape index (κ2) is 11.4. The van der Waals surface area contributed by atoms with E-state index in [1.165, 1.54) is 10.8 Å². The summed E-state index contributed by atoms with van der Waals surface area (Å²) >= 11 is 0. The number of benzene rings is 7. The lowest BCUT2D eigenvalue weighted by atomic mass is 9.95. The van der Waals surface area contributed by atoms with Crippen LogP contribution in [0.3, 0.4) is 0 Å². The molecule has 0 N–H and O–H groups in total. The molecule has 0 aliphatic carbocycles. The average molecular weight is 636 g/mol. The number of para-hydroxylation sites is 4. The van der Waals surface area contributed by atoms with Crippen molar-refractivity contribution in [3.8, 4) is 51.8 Å². The first-order valence-corrected chi connectivity index (χ1v) is 16.3. The van der Waals surface area contributed by atoms with Crippen molar-refractivity contribution < 1.29 is 0 Å². The fourth-order valence-corrected chi connectivity index (χ4v) is 7.46. The molecule has 0 saturated carbocycles. The third kappa shape index (κ3) is 4.31. The zero-order valence-electron chi connectivity index (χ0n) is 26.7. The molecular formula is C45H25N5. The van der Waals surface area contributed by atoms with Crippen molar-refractivity contribution in [3.05, 3.63) is 168 Å². The Morgan fingerprint density at radius 1 is 0.400 bits per heavy atom. The predicted molar refractivity (Wildman–Crippen MR) is 200 cm³/mol. The highest BCUT2D eigenvalue weighted by molar-refractivity contribution is 6.12. The molecule has 5 heteroatoms. The Kier molecular flexibility index (Phi) is 6.56. The lowest BCUT2D eigenvalue weighted by Gasteiger charge is -2.16. The number of nitrogens with zero attached hydrogens (tertiary/aromatic N) is 5. The predicted octanol–water partition coefficient (Wildman–Crippen LogP) is 10.8. The van der Waals surface area contributed by atoms with Crippen LogP contribution in [0.5, 0.6) is 0 Å². The Balaban J connectivity index is 1.21. The molecule has 0 saturated heterocycles. The van der Waals surface area contributed by atoms with Crippen LogP contribution in [-0.2, 0) is 0 Å². The third-order valence-corrected chi connectivity index (χ3v) is 9.63. The summed E-state index contributed by atoms with van der Waals surface area (Å²) < 4.78 is 4.36. The minimum Gasteiger partial charge on any atom is -0.309 e. The van der Waals surface area contributed by atoms with E-state index in [0.717, 1.165) is 66.5 Å². The Hall–Kier alpha value is -7.39. The molecule has 0 spiro atoms. The number of fused-ring (bicyclic) bond motifs is 6. The summed E-state index contributed by atoms with van der Waals surface area (Å²) in [5.41, 5.74) is 11.2. The summed E-state index contributed by atoms with van der Waals surface area (Å²) in [4.78, 5) is 0. The van der Waals surface area contributed by atoms with E-state index in [1.54, 1.807) is 0 Å². The van der Waals surface area contributed by atoms with E-state index in [1.807, 2.05) is 84.9 Å². The standard InChI is InChI=1S/C45H25N5/c46-26-29-19-22-44-40(23-29)39-15-8-11-32(27-47)45(39)50(44)41-16-4-1-12-36(41)31-10-7-9-30(24-31)35-21-20-34(25-33(35)28-48)49-42-17-5-2-13-37(42)38-14-3-6-18-43(38)49/h1-25H. The van der Waals surface area contributed by atoms with Gasteiger partial charge in [-0.2, -0.15) is 15.8 Å². The minimum atomic E-state index is 0.558. The van der Waals surface area contributed by atoms with Crippen molar-refractivity contribution in [2.45, 2.75) is 0 Å². The maximum atomic E-state index is 10.5. The Morgan fingerprint density at radius 2 is 1.04 bits per heavy atom. The molecular weight excluding hydrogens is 611 g/mol. The van der Waals surface area contributed by atoms with E-state index >= 15 is 0 Å². The normalized spacial score (nSPS) is 11.1. The minimum absolute atomic E-state index is 0.558. The van der Waals surface area contributed by atoms with E-state index in [0.29, 0.717) is 16.7 Å². The zero-order valence-corrected chi connectivity index (χ0v) is 26.7. The van der Waals surface area contributed by atoms with Gasteiger partial charge in [0.1, 0.15) is 6.07 Å². The summed E-state index contributed by atoms with van der Waals surface area (Å²) in [6, 6.07) is 57.8. The first-order chi connectivity index (χ1) is 24.7. The van der Waals surface area contributed by atoms with E-state index in [9.17, 15) is 15.8 Å². The quantitative estimate of drug-likeness (QED) is 0.193. The molecule has 9 rings (SSSR count). The summed E-state index contributed by atoms with van der Waals surface area (Å²) in [7, 11) is 0. The molecule has 230 valence electrons. The van der Waals surface area contributed by atoms with E-state index < -0.39 is 0 Å². The van der Waals surface area contributed by atoms with E-state index in [2.05, 4.69) is 94.1 Å². The summed E-state index contributed by atoms with van der Waals surface area (Å²) in [5, 5.41) is 34.5. The average Bonchev–Trinajstić information content (AvgIpc) is 3.70. The van der Waals surface area contributed by atoms with Crippen LogP contribution >= 0.6 is 0 Å². The second-order valence-corrected chi connectivity index (χ2v) is 12.3. The van der Waals surface area contributed by atoms with Crippen LogP contribution in [0.2, 0.25) is 0 Å². The second-order valence-electron chi connectivity index (χ2n) is 12.3. The van der Waals surface area contributed by atoms with Crippen molar-refractivity contribution in [2.75, 3.05) is 0 Å². The molecule has 2 aromatic heterocycles. The van der Waals surface area contributed by atoms with Gasteiger partial charge in [-0.25, -0.2) is 0 Å². The van der Waals surface area contributed by atoms with Gasteiger partial charge in [0.25, 0.3) is 0 Å². The zero-order chi connectivity index (χ0) is 33.8. The molecule has 0 radical (unpaired) electrons. The molecule has 9 aromatic rings. The van der Waals surface area contributed by atoms with Crippen molar-refractivity contribution in [1.82, 2.24) is 9.13 Å². The number of nitriles is 3. The lowest BCUT2D eigenvalue weighted by molar-refractivity contribution is 1.18. The number of rotatable bonds is 4. The van der Waals surface area contributed by atoms with Gasteiger partial charge in [0, 0.05) is 32.8 Å². The monoisotopic (exact) mass is 635 g/mol. The van der Waals surface area contributed by atoms with Crippen LogP contribution in [0.25, 0.3) is 77.2 Å². The fourth-order valence-electron chi connectivity index (χ4n) is 7.46. The van der Waals surface area contributed by atoms with Crippen molar-refractivity contribution >= 4 is 43.6 Å². The Bertz CT molecular complexity index is 2920. The van der Waals surface area contributed by atoms with Gasteiger partial charge in [-0.3, -0.25) is 0 Å². The van der Waals surface area contributed by atoms with Gasteiger partial charge < -0.3 is 9.13 Å². The van der Waals surface area contributed by atoms with E-state index in [4.69, 9.17) is 0 Å². The largest absolute Gasteiger partial charge is 0.309 e. The van der Waals surface area contributed by atoms with Gasteiger partial charge in [-0.15, -0.1) is 0 Å². The van der Waals surface area contributed by atoms with Crippen LogP contribution in [0.4, 0.5) is 0 Å². The van der Waals surface area contributed by atoms with Crippen molar-refractivity contribution in [1.29, 1.82) is 15.8 Å². The molecule has 2 heterocycles. The molecule has 0 aliphatic rings.